The Morgan fingerprint density at radius 3 is 2.56 bits per heavy atom. The molecule has 1 amide bonds. The summed E-state index contributed by atoms with van der Waals surface area (Å²) < 4.78 is 0. The van der Waals surface area contributed by atoms with E-state index in [9.17, 15) is 4.79 Å². The third kappa shape index (κ3) is 3.01. The topological polar surface area (TPSA) is 54.9 Å². The second-order valence-corrected chi connectivity index (χ2v) is 4.27. The average molecular weight is 286 g/mol. The standard InChI is InChI=1S/C11H16BrN3O/c1-3-11(4-2,8-12)15-10(16)9-5-6-13-14-7-9/h5-7H,3-4,8H2,1-2H3,(H,15,16). The molecule has 1 aromatic heterocycles. The number of carbonyl (C=O) groups excluding carboxylic acids is 1. The molecule has 0 aliphatic rings. The molecule has 88 valence electrons. The van der Waals surface area contributed by atoms with Gasteiger partial charge in [0.25, 0.3) is 5.91 Å². The largest absolute Gasteiger partial charge is 0.346 e. The highest BCUT2D eigenvalue weighted by atomic mass is 79.9. The summed E-state index contributed by atoms with van der Waals surface area (Å²) in [5.41, 5.74) is 0.364. The summed E-state index contributed by atoms with van der Waals surface area (Å²) in [6.07, 6.45) is 4.76. The van der Waals surface area contributed by atoms with Gasteiger partial charge in [-0.15, -0.1) is 0 Å². The molecule has 0 spiro atoms. The van der Waals surface area contributed by atoms with Gasteiger partial charge < -0.3 is 5.32 Å². The molecule has 0 unspecified atom stereocenters. The van der Waals surface area contributed by atoms with E-state index in [-0.39, 0.29) is 11.4 Å². The lowest BCUT2D eigenvalue weighted by atomic mass is 9.95. The number of carbonyl (C=O) groups is 1. The summed E-state index contributed by atoms with van der Waals surface area (Å²) in [6.45, 7) is 4.13. The second-order valence-electron chi connectivity index (χ2n) is 3.71. The monoisotopic (exact) mass is 285 g/mol. The second kappa shape index (κ2) is 5.94. The zero-order chi connectivity index (χ0) is 12.0. The van der Waals surface area contributed by atoms with Gasteiger partial charge >= 0.3 is 0 Å². The van der Waals surface area contributed by atoms with Crippen LogP contribution in [0, 0.1) is 0 Å². The molecule has 1 N–H and O–H groups in total. The van der Waals surface area contributed by atoms with Crippen molar-refractivity contribution in [2.24, 2.45) is 0 Å². The number of alkyl halides is 1. The molecule has 0 saturated carbocycles. The Kier molecular flexibility index (Phi) is 4.86. The molecule has 0 fully saturated rings. The average Bonchev–Trinajstić information content (AvgIpc) is 2.37. The maximum atomic E-state index is 11.9. The fraction of sp³-hybridized carbons (Fsp3) is 0.545. The van der Waals surface area contributed by atoms with Gasteiger partial charge in [-0.1, -0.05) is 29.8 Å². The fourth-order valence-electron chi connectivity index (χ4n) is 1.39. The molecule has 0 radical (unpaired) electrons. The molecule has 4 nitrogen and oxygen atoms in total. The first-order valence-corrected chi connectivity index (χ1v) is 6.44. The molecule has 0 bridgehead atoms. The van der Waals surface area contributed by atoms with Gasteiger partial charge in [0.2, 0.25) is 0 Å². The van der Waals surface area contributed by atoms with Crippen molar-refractivity contribution in [3.8, 4) is 0 Å². The van der Waals surface area contributed by atoms with Crippen LogP contribution in [0.4, 0.5) is 0 Å². The van der Waals surface area contributed by atoms with Crippen molar-refractivity contribution in [1.82, 2.24) is 15.5 Å². The Balaban J connectivity index is 2.77. The highest BCUT2D eigenvalue weighted by molar-refractivity contribution is 9.09. The van der Waals surface area contributed by atoms with Gasteiger partial charge in [0, 0.05) is 10.9 Å². The van der Waals surface area contributed by atoms with Crippen LogP contribution in [0.15, 0.2) is 18.5 Å². The first kappa shape index (κ1) is 13.1. The predicted molar refractivity (Wildman–Crippen MR) is 66.6 cm³/mol. The van der Waals surface area contributed by atoms with Crippen LogP contribution >= 0.6 is 15.9 Å². The van der Waals surface area contributed by atoms with E-state index in [1.165, 1.54) is 12.4 Å². The molecule has 16 heavy (non-hydrogen) atoms. The smallest absolute Gasteiger partial charge is 0.253 e. The number of halogens is 1. The van der Waals surface area contributed by atoms with Crippen molar-refractivity contribution in [1.29, 1.82) is 0 Å². The van der Waals surface area contributed by atoms with Crippen molar-refractivity contribution < 1.29 is 4.79 Å². The fourth-order valence-corrected chi connectivity index (χ4v) is 2.32. The van der Waals surface area contributed by atoms with Crippen molar-refractivity contribution in [2.45, 2.75) is 32.2 Å². The lowest BCUT2D eigenvalue weighted by Gasteiger charge is -2.30. The number of rotatable bonds is 5. The van der Waals surface area contributed by atoms with Crippen LogP contribution in [0.1, 0.15) is 37.0 Å². The maximum Gasteiger partial charge on any atom is 0.253 e. The first-order valence-electron chi connectivity index (χ1n) is 5.32. The van der Waals surface area contributed by atoms with Crippen molar-refractivity contribution in [2.75, 3.05) is 5.33 Å². The van der Waals surface area contributed by atoms with Gasteiger partial charge in [0.05, 0.1) is 18.0 Å². The highest BCUT2D eigenvalue weighted by Gasteiger charge is 2.27. The molecule has 0 saturated heterocycles. The van der Waals surface area contributed by atoms with Gasteiger partial charge in [-0.05, 0) is 18.9 Å². The van der Waals surface area contributed by atoms with Crippen LogP contribution in [-0.2, 0) is 0 Å². The van der Waals surface area contributed by atoms with E-state index in [1.807, 2.05) is 0 Å². The third-order valence-electron chi connectivity index (χ3n) is 2.83. The number of nitrogens with zero attached hydrogens (tertiary/aromatic N) is 2. The summed E-state index contributed by atoms with van der Waals surface area (Å²) in [6, 6.07) is 1.66. The van der Waals surface area contributed by atoms with Crippen molar-refractivity contribution in [3.05, 3.63) is 24.0 Å². The SMILES string of the molecule is CCC(CC)(CBr)NC(=O)c1ccnnc1. The molecule has 0 aromatic carbocycles. The van der Waals surface area contributed by atoms with Crippen LogP contribution in [0.25, 0.3) is 0 Å². The molecular formula is C11H16BrN3O. The Hall–Kier alpha value is -0.970. The minimum Gasteiger partial charge on any atom is -0.346 e. The molecule has 1 aromatic rings. The third-order valence-corrected chi connectivity index (χ3v) is 3.91. The molecule has 1 heterocycles. The highest BCUT2D eigenvalue weighted by Crippen LogP contribution is 2.18. The van der Waals surface area contributed by atoms with E-state index in [2.05, 4.69) is 45.3 Å². The zero-order valence-electron chi connectivity index (χ0n) is 9.53. The summed E-state index contributed by atoms with van der Waals surface area (Å²) in [4.78, 5) is 11.9. The molecule has 5 heteroatoms. The van der Waals surface area contributed by atoms with Crippen molar-refractivity contribution in [3.63, 3.8) is 0 Å². The van der Waals surface area contributed by atoms with Crippen LogP contribution < -0.4 is 5.32 Å². The summed E-state index contributed by atoms with van der Waals surface area (Å²) in [7, 11) is 0. The summed E-state index contributed by atoms with van der Waals surface area (Å²) in [5, 5.41) is 11.1. The minimum atomic E-state index is -0.180. The normalized spacial score (nSPS) is 11.2. The van der Waals surface area contributed by atoms with Gasteiger partial charge in [-0.25, -0.2) is 0 Å². The molecule has 0 atom stereocenters. The maximum absolute atomic E-state index is 11.9. The lowest BCUT2D eigenvalue weighted by Crippen LogP contribution is -2.49. The van der Waals surface area contributed by atoms with E-state index < -0.39 is 0 Å². The summed E-state index contributed by atoms with van der Waals surface area (Å²) >= 11 is 3.45. The molecule has 0 aliphatic heterocycles. The molecular weight excluding hydrogens is 270 g/mol. The van der Waals surface area contributed by atoms with Crippen molar-refractivity contribution >= 4 is 21.8 Å². The van der Waals surface area contributed by atoms with Crippen LogP contribution in [-0.4, -0.2) is 27.0 Å². The van der Waals surface area contributed by atoms with Gasteiger partial charge in [-0.2, -0.15) is 10.2 Å². The Morgan fingerprint density at radius 1 is 1.44 bits per heavy atom. The van der Waals surface area contributed by atoms with E-state index in [1.54, 1.807) is 6.07 Å². The number of amides is 1. The Morgan fingerprint density at radius 2 is 2.12 bits per heavy atom. The van der Waals surface area contributed by atoms with E-state index >= 15 is 0 Å². The number of nitrogens with one attached hydrogen (secondary N) is 1. The quantitative estimate of drug-likeness (QED) is 0.844. The van der Waals surface area contributed by atoms with Gasteiger partial charge in [0.1, 0.15) is 0 Å². The Labute approximate surface area is 104 Å². The zero-order valence-corrected chi connectivity index (χ0v) is 11.1. The van der Waals surface area contributed by atoms with Gasteiger partial charge in [0.15, 0.2) is 0 Å². The summed E-state index contributed by atoms with van der Waals surface area (Å²) in [5.74, 6) is -0.0990. The minimum absolute atomic E-state index is 0.0990. The van der Waals surface area contributed by atoms with E-state index in [0.29, 0.717) is 5.56 Å². The number of hydrogen-bond acceptors (Lipinski definition) is 3. The number of hydrogen-bond donors (Lipinski definition) is 1. The lowest BCUT2D eigenvalue weighted by molar-refractivity contribution is 0.0903. The first-order chi connectivity index (χ1) is 7.67. The van der Waals surface area contributed by atoms with E-state index in [4.69, 9.17) is 0 Å². The molecule has 1 rings (SSSR count). The Bertz CT molecular complexity index is 330. The van der Waals surface area contributed by atoms with Crippen LogP contribution in [0.2, 0.25) is 0 Å². The van der Waals surface area contributed by atoms with Gasteiger partial charge in [-0.3, -0.25) is 4.79 Å². The predicted octanol–water partition coefficient (Wildman–Crippen LogP) is 2.16. The molecule has 0 aliphatic carbocycles. The number of aromatic nitrogens is 2. The van der Waals surface area contributed by atoms with Crippen LogP contribution in [0.5, 0.6) is 0 Å². The van der Waals surface area contributed by atoms with E-state index in [0.717, 1.165) is 18.2 Å². The van der Waals surface area contributed by atoms with Crippen LogP contribution in [0.3, 0.4) is 0 Å².